The van der Waals surface area contributed by atoms with Crippen molar-refractivity contribution in [3.05, 3.63) is 254 Å². The molecule has 2 atom stereocenters. The van der Waals surface area contributed by atoms with E-state index in [0.717, 1.165) is 126 Å². The normalized spacial score (nSPS) is 13.8. The lowest BCUT2D eigenvalue weighted by Crippen LogP contribution is -2.21. The first kappa shape index (κ1) is 55.1. The van der Waals surface area contributed by atoms with E-state index in [4.69, 9.17) is 4.74 Å². The third-order valence-electron chi connectivity index (χ3n) is 16.4. The van der Waals surface area contributed by atoms with Crippen LogP contribution in [0.25, 0.3) is 55.3 Å². The number of esters is 1. The number of ketones is 1. The lowest BCUT2D eigenvalue weighted by atomic mass is 9.77. The molecule has 10 aromatic carbocycles. The van der Waals surface area contributed by atoms with Crippen LogP contribution in [0, 0.1) is 0 Å². The van der Waals surface area contributed by atoms with Crippen LogP contribution >= 0.6 is 0 Å². The Kier molecular flexibility index (Phi) is 17.9. The zero-order valence-corrected chi connectivity index (χ0v) is 47.6. The maximum atomic E-state index is 13.5. The minimum Gasteiger partial charge on any atom is -0.457 e. The lowest BCUT2D eigenvalue weighted by Gasteiger charge is -2.32. The number of benzene rings is 10. The molecule has 0 saturated heterocycles. The number of hydrogen-bond donors (Lipinski definition) is 0. The topological polar surface area (TPSA) is 49.9 Å². The van der Waals surface area contributed by atoms with E-state index < -0.39 is 0 Å². The number of carbonyl (C=O) groups is 2. The van der Waals surface area contributed by atoms with E-state index in [1.54, 1.807) is 0 Å². The van der Waals surface area contributed by atoms with Crippen molar-refractivity contribution in [1.29, 1.82) is 0 Å². The monoisotopic (exact) mass is 1070 g/mol. The molecule has 11 rings (SSSR count). The van der Waals surface area contributed by atoms with Gasteiger partial charge in [0.1, 0.15) is 11.9 Å². The van der Waals surface area contributed by atoms with Gasteiger partial charge in [-0.25, -0.2) is 0 Å². The van der Waals surface area contributed by atoms with Gasteiger partial charge in [-0.2, -0.15) is 0 Å². The molecule has 0 N–H and O–H groups in total. The van der Waals surface area contributed by atoms with Gasteiger partial charge in [0.2, 0.25) is 0 Å². The molecule has 5 heteroatoms. The van der Waals surface area contributed by atoms with E-state index in [0.29, 0.717) is 25.0 Å². The van der Waals surface area contributed by atoms with Gasteiger partial charge in [-0.15, -0.1) is 0 Å². The molecule has 0 aromatic heterocycles. The van der Waals surface area contributed by atoms with Gasteiger partial charge in [0.05, 0.1) is 0 Å². The number of carbonyl (C=O) groups excluding carboxylic acids is 2. The van der Waals surface area contributed by atoms with Gasteiger partial charge < -0.3 is 14.5 Å². The van der Waals surface area contributed by atoms with Gasteiger partial charge in [0, 0.05) is 53.4 Å². The van der Waals surface area contributed by atoms with Crippen LogP contribution in [0.3, 0.4) is 0 Å². The molecule has 0 fully saturated rings. The van der Waals surface area contributed by atoms with Crippen LogP contribution in [0.5, 0.6) is 0 Å². The highest BCUT2D eigenvalue weighted by atomic mass is 16.5. The van der Waals surface area contributed by atoms with Crippen LogP contribution in [-0.2, 0) is 14.3 Å². The number of rotatable bonds is 23. The number of ether oxygens (including phenoxy) is 1. The van der Waals surface area contributed by atoms with Crippen LogP contribution in [0.2, 0.25) is 0 Å². The fourth-order valence-corrected chi connectivity index (χ4v) is 11.9. The summed E-state index contributed by atoms with van der Waals surface area (Å²) in [6, 6.07) is 87.3. The second kappa shape index (κ2) is 26.6. The van der Waals surface area contributed by atoms with Gasteiger partial charge in [0.25, 0.3) is 0 Å². The summed E-state index contributed by atoms with van der Waals surface area (Å²) in [6.45, 7) is 4.39. The molecule has 1 aliphatic rings. The van der Waals surface area contributed by atoms with Gasteiger partial charge >= 0.3 is 5.97 Å². The summed E-state index contributed by atoms with van der Waals surface area (Å²) >= 11 is 0. The quantitative estimate of drug-likeness (QED) is 0.0472. The van der Waals surface area contributed by atoms with Gasteiger partial charge in [-0.1, -0.05) is 216 Å². The molecule has 0 aliphatic heterocycles. The first-order chi connectivity index (χ1) is 40.4. The van der Waals surface area contributed by atoms with Crippen molar-refractivity contribution in [2.24, 2.45) is 0 Å². The van der Waals surface area contributed by atoms with Crippen molar-refractivity contribution in [1.82, 2.24) is 0 Å². The largest absolute Gasteiger partial charge is 0.457 e. The average Bonchev–Trinajstić information content (AvgIpc) is 3.71. The Hall–Kier alpha value is -8.80. The third-order valence-corrected chi connectivity index (χ3v) is 16.4. The summed E-state index contributed by atoms with van der Waals surface area (Å²) in [7, 11) is 0. The van der Waals surface area contributed by atoms with Crippen molar-refractivity contribution >= 4 is 56.6 Å². The molecule has 0 saturated carbocycles. The molecule has 0 heterocycles. The van der Waals surface area contributed by atoms with E-state index in [1.807, 2.05) is 0 Å². The van der Waals surface area contributed by atoms with Gasteiger partial charge in [-0.05, 0) is 177 Å². The average molecular weight is 1080 g/mol. The van der Waals surface area contributed by atoms with E-state index in [9.17, 15) is 9.59 Å². The minimum absolute atomic E-state index is 0.0871. The molecule has 82 heavy (non-hydrogen) atoms. The molecule has 410 valence electrons. The maximum Gasteiger partial charge on any atom is 0.306 e. The second-order valence-corrected chi connectivity index (χ2v) is 22.1. The summed E-state index contributed by atoms with van der Waals surface area (Å²) in [4.78, 5) is 31.4. The molecule has 5 nitrogen and oxygen atoms in total. The lowest BCUT2D eigenvalue weighted by molar-refractivity contribution is -0.150. The van der Waals surface area contributed by atoms with Crippen LogP contribution < -0.4 is 9.80 Å². The number of Topliss-reactive ketones (excluding diaryl/α,β-unsaturated/α-hetero) is 1. The zero-order chi connectivity index (χ0) is 56.0. The predicted molar refractivity (Wildman–Crippen MR) is 343 cm³/mol. The first-order valence-electron chi connectivity index (χ1n) is 29.9. The molecule has 2 unspecified atom stereocenters. The molecule has 10 aromatic rings. The molecule has 1 aliphatic carbocycles. The number of nitrogens with zero attached hydrogens (tertiary/aromatic N) is 2. The van der Waals surface area contributed by atoms with Crippen LogP contribution in [0.1, 0.15) is 120 Å². The SMILES string of the molecule is CCCCCCC(=O)CC1CCC(OC(=O)CCCCCC)c2ccc(-c3ccc(N(c4ccc(-c5ccccc5)cc4)c4ccc(N(c5ccc(-c6ccccc6)cc5)c5ccc(-c6ccc7ccccc7c6)cc5)cc4)cc3)cc21. The molecular formula is C77H74N2O3. The Bertz CT molecular complexity index is 3690. The van der Waals surface area contributed by atoms with E-state index in [1.165, 1.54) is 38.6 Å². The Morgan fingerprint density at radius 1 is 0.366 bits per heavy atom. The highest BCUT2D eigenvalue weighted by Gasteiger charge is 2.31. The Morgan fingerprint density at radius 2 is 0.756 bits per heavy atom. The van der Waals surface area contributed by atoms with Crippen molar-refractivity contribution < 1.29 is 14.3 Å². The van der Waals surface area contributed by atoms with E-state index in [2.05, 4.69) is 266 Å². The highest BCUT2D eigenvalue weighted by molar-refractivity contribution is 5.89. The predicted octanol–water partition coefficient (Wildman–Crippen LogP) is 21.8. The summed E-state index contributed by atoms with van der Waals surface area (Å²) in [5.41, 5.74) is 17.6. The van der Waals surface area contributed by atoms with Crippen LogP contribution in [0.4, 0.5) is 34.1 Å². The summed E-state index contributed by atoms with van der Waals surface area (Å²) in [5.74, 6) is 0.291. The molecular weight excluding hydrogens is 1000 g/mol. The van der Waals surface area contributed by atoms with Crippen molar-refractivity contribution in [2.45, 2.75) is 109 Å². The Balaban J connectivity index is 0.920. The number of fused-ring (bicyclic) bond motifs is 2. The smallest absolute Gasteiger partial charge is 0.306 e. The molecule has 0 spiro atoms. The van der Waals surface area contributed by atoms with Crippen LogP contribution in [0.15, 0.2) is 243 Å². The highest BCUT2D eigenvalue weighted by Crippen LogP contribution is 2.45. The first-order valence-corrected chi connectivity index (χ1v) is 29.9. The maximum absolute atomic E-state index is 13.5. The fourth-order valence-electron chi connectivity index (χ4n) is 11.9. The van der Waals surface area contributed by atoms with E-state index >= 15 is 0 Å². The summed E-state index contributed by atoms with van der Waals surface area (Å²) in [5, 5.41) is 2.46. The van der Waals surface area contributed by atoms with Gasteiger partial charge in [-0.3, -0.25) is 9.59 Å². The Labute approximate surface area is 485 Å². The van der Waals surface area contributed by atoms with E-state index in [-0.39, 0.29) is 18.0 Å². The zero-order valence-electron chi connectivity index (χ0n) is 47.6. The number of unbranched alkanes of at least 4 members (excludes halogenated alkanes) is 6. The van der Waals surface area contributed by atoms with Crippen molar-refractivity contribution in [3.8, 4) is 44.5 Å². The molecule has 0 radical (unpaired) electrons. The standard InChI is InChI=1S/C77H74N2O3/c1-3-5-7-15-25-73(80)54-66-38-52-76(82-77(81)26-16-8-6-4-2)74-51-37-65(55-75(66)74)62-35-45-70(46-36-62)79(68-41-31-60(32-42-68)57-21-13-10-14-22-57)72-49-47-71(48-50-72)78(67-39-29-59(30-40-67)56-19-11-9-12-20-56)69-43-33-61(34-44-69)64-28-27-58-23-17-18-24-63(58)53-64/h9-14,17-24,27-37,39-51,53,55,66,76H,3-8,15-16,25-26,38,52,54H2,1-2H3. The fraction of sp³-hybridized carbons (Fsp3) is 0.221. The second-order valence-electron chi connectivity index (χ2n) is 22.1. The summed E-state index contributed by atoms with van der Waals surface area (Å²) in [6.07, 6.45) is 11.3. The van der Waals surface area contributed by atoms with Crippen molar-refractivity contribution in [3.63, 3.8) is 0 Å². The third kappa shape index (κ3) is 13.2. The Morgan fingerprint density at radius 3 is 1.24 bits per heavy atom. The summed E-state index contributed by atoms with van der Waals surface area (Å²) < 4.78 is 6.23. The number of anilines is 6. The van der Waals surface area contributed by atoms with Crippen LogP contribution in [-0.4, -0.2) is 11.8 Å². The minimum atomic E-state index is -0.303. The number of hydrogen-bond acceptors (Lipinski definition) is 5. The molecule has 0 amide bonds. The molecule has 0 bridgehead atoms. The van der Waals surface area contributed by atoms with Crippen molar-refractivity contribution in [2.75, 3.05) is 9.80 Å². The van der Waals surface area contributed by atoms with Gasteiger partial charge in [0.15, 0.2) is 0 Å².